The van der Waals surface area contributed by atoms with Crippen molar-refractivity contribution in [2.75, 3.05) is 5.75 Å². The molecule has 3 aromatic carbocycles. The van der Waals surface area contributed by atoms with Crippen LogP contribution in [0.3, 0.4) is 0 Å². The molecule has 0 fully saturated rings. The SMILES string of the molecule is CC[C@@H](C)NC(=O)[C@@H](Cc1ccccc1)N(Cc1ccccc1C)C(=O)CSCc1c(F)cccc1Cl. The van der Waals surface area contributed by atoms with Crippen molar-refractivity contribution in [2.24, 2.45) is 0 Å². The Morgan fingerprint density at radius 2 is 1.73 bits per heavy atom. The first-order valence-corrected chi connectivity index (χ1v) is 14.0. The van der Waals surface area contributed by atoms with Crippen LogP contribution in [0.15, 0.2) is 72.8 Å². The number of rotatable bonds is 12. The van der Waals surface area contributed by atoms with E-state index in [-0.39, 0.29) is 35.2 Å². The molecule has 1 N–H and O–H groups in total. The third-order valence-electron chi connectivity index (χ3n) is 6.41. The van der Waals surface area contributed by atoms with Crippen LogP contribution in [0.5, 0.6) is 0 Å². The molecule has 4 nitrogen and oxygen atoms in total. The van der Waals surface area contributed by atoms with E-state index in [1.165, 1.54) is 17.8 Å². The van der Waals surface area contributed by atoms with Crippen LogP contribution < -0.4 is 5.32 Å². The number of carbonyl (C=O) groups is 2. The van der Waals surface area contributed by atoms with E-state index in [4.69, 9.17) is 11.6 Å². The van der Waals surface area contributed by atoms with Gasteiger partial charge in [-0.3, -0.25) is 9.59 Å². The Labute approximate surface area is 228 Å². The molecule has 0 aromatic heterocycles. The number of halogens is 2. The number of hydrogen-bond donors (Lipinski definition) is 1. The number of thioether (sulfide) groups is 1. The van der Waals surface area contributed by atoms with Crippen molar-refractivity contribution in [2.45, 2.75) is 58.0 Å². The smallest absolute Gasteiger partial charge is 0.243 e. The van der Waals surface area contributed by atoms with E-state index >= 15 is 0 Å². The van der Waals surface area contributed by atoms with Crippen LogP contribution in [0.4, 0.5) is 4.39 Å². The molecule has 0 aliphatic carbocycles. The molecule has 196 valence electrons. The lowest BCUT2D eigenvalue weighted by atomic mass is 10.0. The molecule has 0 saturated heterocycles. The minimum atomic E-state index is -0.693. The highest BCUT2D eigenvalue weighted by Gasteiger charge is 2.31. The summed E-state index contributed by atoms with van der Waals surface area (Å²) >= 11 is 7.47. The van der Waals surface area contributed by atoms with Gasteiger partial charge in [-0.1, -0.05) is 79.2 Å². The number of nitrogens with one attached hydrogen (secondary N) is 1. The molecule has 0 bridgehead atoms. The largest absolute Gasteiger partial charge is 0.352 e. The molecule has 0 saturated carbocycles. The summed E-state index contributed by atoms with van der Waals surface area (Å²) in [7, 11) is 0. The fourth-order valence-electron chi connectivity index (χ4n) is 3.96. The molecule has 3 rings (SSSR count). The van der Waals surface area contributed by atoms with Crippen molar-refractivity contribution in [3.05, 3.63) is 106 Å². The highest BCUT2D eigenvalue weighted by atomic mass is 35.5. The minimum absolute atomic E-state index is 0.0150. The fraction of sp³-hybridized carbons (Fsp3) is 0.333. The van der Waals surface area contributed by atoms with Gasteiger partial charge in [0.25, 0.3) is 0 Å². The standard InChI is InChI=1S/C30H34ClFN2O2S/c1-4-22(3)33-30(36)28(17-23-12-6-5-7-13-23)34(18-24-14-9-8-11-21(24)2)29(35)20-37-19-25-26(31)15-10-16-27(25)32/h5-16,22,28H,4,17-20H2,1-3H3,(H,33,36)/t22-,28-/m1/s1. The minimum Gasteiger partial charge on any atom is -0.352 e. The lowest BCUT2D eigenvalue weighted by Gasteiger charge is -2.32. The zero-order valence-corrected chi connectivity index (χ0v) is 23.1. The van der Waals surface area contributed by atoms with Crippen molar-refractivity contribution in [3.8, 4) is 0 Å². The van der Waals surface area contributed by atoms with Gasteiger partial charge in [-0.2, -0.15) is 0 Å². The molecule has 0 spiro atoms. The Hall–Kier alpha value is -2.83. The van der Waals surface area contributed by atoms with Gasteiger partial charge in [-0.15, -0.1) is 11.8 Å². The second-order valence-electron chi connectivity index (χ2n) is 9.16. The Kier molecular flexibility index (Phi) is 11.0. The summed E-state index contributed by atoms with van der Waals surface area (Å²) in [6, 6.07) is 21.5. The maximum absolute atomic E-state index is 14.3. The van der Waals surface area contributed by atoms with E-state index in [0.717, 1.165) is 23.1 Å². The molecular weight excluding hydrogens is 507 g/mol. The zero-order chi connectivity index (χ0) is 26.8. The third-order valence-corrected chi connectivity index (χ3v) is 7.71. The number of nitrogens with zero attached hydrogens (tertiary/aromatic N) is 1. The van der Waals surface area contributed by atoms with E-state index in [2.05, 4.69) is 5.32 Å². The van der Waals surface area contributed by atoms with E-state index < -0.39 is 6.04 Å². The van der Waals surface area contributed by atoms with Crippen molar-refractivity contribution >= 4 is 35.2 Å². The van der Waals surface area contributed by atoms with E-state index in [9.17, 15) is 14.0 Å². The van der Waals surface area contributed by atoms with Gasteiger partial charge in [0.2, 0.25) is 11.8 Å². The van der Waals surface area contributed by atoms with Crippen LogP contribution in [-0.4, -0.2) is 34.6 Å². The third kappa shape index (κ3) is 8.34. The van der Waals surface area contributed by atoms with E-state index in [1.807, 2.05) is 75.4 Å². The molecular formula is C30H34ClFN2O2S. The highest BCUT2D eigenvalue weighted by molar-refractivity contribution is 7.99. The first-order valence-electron chi connectivity index (χ1n) is 12.5. The number of aryl methyl sites for hydroxylation is 1. The van der Waals surface area contributed by atoms with Crippen molar-refractivity contribution < 1.29 is 14.0 Å². The topological polar surface area (TPSA) is 49.4 Å². The molecule has 7 heteroatoms. The Bertz CT molecular complexity index is 1170. The molecule has 3 aromatic rings. The molecule has 0 unspecified atom stereocenters. The van der Waals surface area contributed by atoms with Gasteiger partial charge in [0.1, 0.15) is 11.9 Å². The summed E-state index contributed by atoms with van der Waals surface area (Å²) in [5.41, 5.74) is 3.38. The number of hydrogen-bond acceptors (Lipinski definition) is 3. The molecule has 0 aliphatic rings. The summed E-state index contributed by atoms with van der Waals surface area (Å²) in [4.78, 5) is 28.9. The van der Waals surface area contributed by atoms with Crippen LogP contribution in [0.25, 0.3) is 0 Å². The van der Waals surface area contributed by atoms with Crippen LogP contribution in [0.2, 0.25) is 5.02 Å². The van der Waals surface area contributed by atoms with Crippen molar-refractivity contribution in [3.63, 3.8) is 0 Å². The second-order valence-corrected chi connectivity index (χ2v) is 10.6. The van der Waals surface area contributed by atoms with Crippen LogP contribution >= 0.6 is 23.4 Å². The Balaban J connectivity index is 1.89. The monoisotopic (exact) mass is 540 g/mol. The van der Waals surface area contributed by atoms with Gasteiger partial charge in [0.05, 0.1) is 5.75 Å². The lowest BCUT2D eigenvalue weighted by molar-refractivity contribution is -0.139. The van der Waals surface area contributed by atoms with E-state index in [0.29, 0.717) is 23.6 Å². The maximum atomic E-state index is 14.3. The summed E-state index contributed by atoms with van der Waals surface area (Å²) in [5, 5.41) is 3.42. The number of benzene rings is 3. The molecule has 2 atom stereocenters. The average Bonchev–Trinajstić information content (AvgIpc) is 2.89. The summed E-state index contributed by atoms with van der Waals surface area (Å²) < 4.78 is 14.3. The Morgan fingerprint density at radius 3 is 2.41 bits per heavy atom. The number of carbonyl (C=O) groups excluding carboxylic acids is 2. The second kappa shape index (κ2) is 14.2. The van der Waals surface area contributed by atoms with Gasteiger partial charge in [0.15, 0.2) is 0 Å². The van der Waals surface area contributed by atoms with Gasteiger partial charge >= 0.3 is 0 Å². The van der Waals surface area contributed by atoms with Gasteiger partial charge in [0, 0.05) is 35.3 Å². The average molecular weight is 541 g/mol. The first kappa shape index (κ1) is 28.7. The zero-order valence-electron chi connectivity index (χ0n) is 21.5. The summed E-state index contributed by atoms with van der Waals surface area (Å²) in [6.45, 7) is 6.27. The first-order chi connectivity index (χ1) is 17.8. The summed E-state index contributed by atoms with van der Waals surface area (Å²) in [5.74, 6) is -0.390. The molecule has 0 radical (unpaired) electrons. The van der Waals surface area contributed by atoms with Crippen molar-refractivity contribution in [1.29, 1.82) is 0 Å². The molecule has 0 heterocycles. The van der Waals surface area contributed by atoms with Gasteiger partial charge in [-0.05, 0) is 49.1 Å². The number of amides is 2. The van der Waals surface area contributed by atoms with Crippen LogP contribution in [-0.2, 0) is 28.3 Å². The fourth-order valence-corrected chi connectivity index (χ4v) is 5.21. The van der Waals surface area contributed by atoms with Crippen molar-refractivity contribution in [1.82, 2.24) is 10.2 Å². The van der Waals surface area contributed by atoms with Crippen LogP contribution in [0.1, 0.15) is 42.5 Å². The van der Waals surface area contributed by atoms with E-state index in [1.54, 1.807) is 17.0 Å². The normalized spacial score (nSPS) is 12.6. The van der Waals surface area contributed by atoms with Crippen LogP contribution in [0, 0.1) is 12.7 Å². The molecule has 37 heavy (non-hydrogen) atoms. The predicted molar refractivity (Wildman–Crippen MR) is 151 cm³/mol. The lowest BCUT2D eigenvalue weighted by Crippen LogP contribution is -2.52. The Morgan fingerprint density at radius 1 is 1.03 bits per heavy atom. The van der Waals surface area contributed by atoms with Gasteiger partial charge in [-0.25, -0.2) is 4.39 Å². The van der Waals surface area contributed by atoms with Gasteiger partial charge < -0.3 is 10.2 Å². The molecule has 2 amide bonds. The quantitative estimate of drug-likeness (QED) is 0.282. The maximum Gasteiger partial charge on any atom is 0.243 e. The summed E-state index contributed by atoms with van der Waals surface area (Å²) in [6.07, 6.45) is 1.18. The molecule has 0 aliphatic heterocycles. The highest BCUT2D eigenvalue weighted by Crippen LogP contribution is 2.25. The predicted octanol–water partition coefficient (Wildman–Crippen LogP) is 6.58.